The lowest BCUT2D eigenvalue weighted by Gasteiger charge is -2.28. The predicted molar refractivity (Wildman–Crippen MR) is 74.8 cm³/mol. The van der Waals surface area contributed by atoms with Crippen LogP contribution in [0.1, 0.15) is 58.3 Å². The molecule has 0 aliphatic heterocycles. The first kappa shape index (κ1) is 13.8. The van der Waals surface area contributed by atoms with Gasteiger partial charge in [-0.3, -0.25) is 0 Å². The van der Waals surface area contributed by atoms with Gasteiger partial charge in [-0.2, -0.15) is 0 Å². The Bertz CT molecular complexity index is 200. The van der Waals surface area contributed by atoms with E-state index < -0.39 is 0 Å². The molecule has 0 bridgehead atoms. The van der Waals surface area contributed by atoms with Gasteiger partial charge in [0.05, 0.1) is 0 Å². The van der Waals surface area contributed by atoms with Crippen LogP contribution in [0.15, 0.2) is 0 Å². The zero-order chi connectivity index (χ0) is 11.8. The van der Waals surface area contributed by atoms with Gasteiger partial charge < -0.3 is 10.2 Å². The van der Waals surface area contributed by atoms with Gasteiger partial charge in [0.25, 0.3) is 0 Å². The lowest BCUT2D eigenvalue weighted by Crippen LogP contribution is -2.43. The zero-order valence-electron chi connectivity index (χ0n) is 10.8. The molecular weight excluding hydrogens is 216 g/mol. The summed E-state index contributed by atoms with van der Waals surface area (Å²) < 4.78 is 0. The van der Waals surface area contributed by atoms with E-state index >= 15 is 0 Å². The van der Waals surface area contributed by atoms with Crippen LogP contribution in [0.2, 0.25) is 0 Å². The average molecular weight is 242 g/mol. The summed E-state index contributed by atoms with van der Waals surface area (Å²) >= 11 is 5.42. The second-order valence-electron chi connectivity index (χ2n) is 4.91. The largest absolute Gasteiger partial charge is 0.360 e. The van der Waals surface area contributed by atoms with Crippen molar-refractivity contribution in [2.45, 2.75) is 64.3 Å². The molecule has 1 saturated carbocycles. The highest BCUT2D eigenvalue weighted by Gasteiger charge is 2.15. The van der Waals surface area contributed by atoms with Gasteiger partial charge in [-0.15, -0.1) is 0 Å². The Labute approximate surface area is 106 Å². The fourth-order valence-corrected chi connectivity index (χ4v) is 2.49. The molecule has 0 unspecified atom stereocenters. The van der Waals surface area contributed by atoms with Crippen LogP contribution >= 0.6 is 12.2 Å². The van der Waals surface area contributed by atoms with E-state index in [0.717, 1.165) is 11.7 Å². The first-order chi connectivity index (χ1) is 7.74. The molecule has 0 aromatic heterocycles. The molecule has 0 spiro atoms. The number of hydrogen-bond donors (Lipinski definition) is 1. The molecule has 0 radical (unpaired) electrons. The number of unbranched alkanes of at least 4 members (excludes halogenated alkanes) is 2. The maximum atomic E-state index is 5.42. The lowest BCUT2D eigenvalue weighted by atomic mass is 9.96. The number of hydrogen-bond acceptors (Lipinski definition) is 1. The summed E-state index contributed by atoms with van der Waals surface area (Å²) in [6.45, 7) is 3.32. The highest BCUT2D eigenvalue weighted by molar-refractivity contribution is 7.80. The minimum absolute atomic E-state index is 0.634. The molecule has 2 nitrogen and oxygen atoms in total. The number of nitrogens with zero attached hydrogens (tertiary/aromatic N) is 1. The van der Waals surface area contributed by atoms with Crippen LogP contribution in [-0.4, -0.2) is 29.6 Å². The molecule has 0 aromatic rings. The van der Waals surface area contributed by atoms with Crippen LogP contribution in [0, 0.1) is 0 Å². The van der Waals surface area contributed by atoms with Crippen LogP contribution in [0.5, 0.6) is 0 Å². The second-order valence-corrected chi connectivity index (χ2v) is 5.30. The van der Waals surface area contributed by atoms with E-state index in [2.05, 4.69) is 24.2 Å². The van der Waals surface area contributed by atoms with E-state index in [-0.39, 0.29) is 0 Å². The minimum atomic E-state index is 0.634. The van der Waals surface area contributed by atoms with Crippen LogP contribution in [0.25, 0.3) is 0 Å². The van der Waals surface area contributed by atoms with Gasteiger partial charge in [0.1, 0.15) is 0 Å². The van der Waals surface area contributed by atoms with E-state index in [1.165, 1.54) is 51.4 Å². The van der Waals surface area contributed by atoms with E-state index in [1.54, 1.807) is 0 Å². The second kappa shape index (κ2) is 7.88. The fourth-order valence-electron chi connectivity index (χ4n) is 2.23. The summed E-state index contributed by atoms with van der Waals surface area (Å²) in [5.41, 5.74) is 0. The summed E-state index contributed by atoms with van der Waals surface area (Å²) in [5, 5.41) is 4.45. The highest BCUT2D eigenvalue weighted by atomic mass is 32.1. The molecule has 1 fully saturated rings. The number of nitrogens with one attached hydrogen (secondary N) is 1. The molecule has 1 rings (SSSR count). The van der Waals surface area contributed by atoms with Crippen LogP contribution in [0.3, 0.4) is 0 Å². The Kier molecular flexibility index (Phi) is 6.78. The molecule has 1 aliphatic carbocycles. The van der Waals surface area contributed by atoms with Crippen molar-refractivity contribution in [3.63, 3.8) is 0 Å². The van der Waals surface area contributed by atoms with E-state index in [4.69, 9.17) is 12.2 Å². The van der Waals surface area contributed by atoms with Gasteiger partial charge in [0.2, 0.25) is 0 Å². The summed E-state index contributed by atoms with van der Waals surface area (Å²) in [7, 11) is 2.10. The normalized spacial score (nSPS) is 17.1. The zero-order valence-corrected chi connectivity index (χ0v) is 11.6. The van der Waals surface area contributed by atoms with E-state index in [9.17, 15) is 0 Å². The summed E-state index contributed by atoms with van der Waals surface area (Å²) in [4.78, 5) is 2.19. The average Bonchev–Trinajstić information content (AvgIpc) is 2.30. The smallest absolute Gasteiger partial charge is 0.168 e. The van der Waals surface area contributed by atoms with Gasteiger partial charge in [-0.25, -0.2) is 0 Å². The molecule has 1 aliphatic rings. The summed E-state index contributed by atoms with van der Waals surface area (Å²) in [6, 6.07) is 0.634. The van der Waals surface area contributed by atoms with Gasteiger partial charge in [-0.05, 0) is 31.5 Å². The molecule has 0 heterocycles. The van der Waals surface area contributed by atoms with Crippen molar-refractivity contribution >= 4 is 17.3 Å². The highest BCUT2D eigenvalue weighted by Crippen LogP contribution is 2.17. The lowest BCUT2D eigenvalue weighted by molar-refractivity contribution is 0.391. The molecule has 1 N–H and O–H groups in total. The fraction of sp³-hybridized carbons (Fsp3) is 0.923. The maximum absolute atomic E-state index is 5.42. The Balaban J connectivity index is 2.16. The SMILES string of the molecule is CCCCCN(C)C(=S)NC1CCCCC1. The third kappa shape index (κ3) is 5.15. The minimum Gasteiger partial charge on any atom is -0.360 e. The van der Waals surface area contributed by atoms with Gasteiger partial charge in [0, 0.05) is 19.6 Å². The molecule has 3 heteroatoms. The van der Waals surface area contributed by atoms with Gasteiger partial charge in [0.15, 0.2) is 5.11 Å². The third-order valence-electron chi connectivity index (χ3n) is 3.38. The van der Waals surface area contributed by atoms with Crippen molar-refractivity contribution in [1.82, 2.24) is 10.2 Å². The first-order valence-electron chi connectivity index (χ1n) is 6.75. The standard InChI is InChI=1S/C13H26N2S/c1-3-4-8-11-15(2)13(16)14-12-9-6-5-7-10-12/h12H,3-11H2,1-2H3,(H,14,16). The van der Waals surface area contributed by atoms with E-state index in [0.29, 0.717) is 6.04 Å². The Hall–Kier alpha value is -0.310. The quantitative estimate of drug-likeness (QED) is 0.588. The molecule has 0 amide bonds. The van der Waals surface area contributed by atoms with Crippen molar-refractivity contribution in [3.8, 4) is 0 Å². The molecule has 0 saturated heterocycles. The van der Waals surface area contributed by atoms with E-state index in [1.807, 2.05) is 0 Å². The Morgan fingerprint density at radius 1 is 1.25 bits per heavy atom. The van der Waals surface area contributed by atoms with Gasteiger partial charge >= 0.3 is 0 Å². The van der Waals surface area contributed by atoms with Crippen molar-refractivity contribution in [2.75, 3.05) is 13.6 Å². The Morgan fingerprint density at radius 3 is 2.56 bits per heavy atom. The van der Waals surface area contributed by atoms with Crippen LogP contribution in [-0.2, 0) is 0 Å². The van der Waals surface area contributed by atoms with Crippen molar-refractivity contribution in [1.29, 1.82) is 0 Å². The van der Waals surface area contributed by atoms with Crippen LogP contribution < -0.4 is 5.32 Å². The van der Waals surface area contributed by atoms with Crippen molar-refractivity contribution in [2.24, 2.45) is 0 Å². The summed E-state index contributed by atoms with van der Waals surface area (Å²) in [5.74, 6) is 0. The molecule has 0 atom stereocenters. The third-order valence-corrected chi connectivity index (χ3v) is 3.81. The van der Waals surface area contributed by atoms with Crippen molar-refractivity contribution in [3.05, 3.63) is 0 Å². The van der Waals surface area contributed by atoms with Crippen molar-refractivity contribution < 1.29 is 0 Å². The monoisotopic (exact) mass is 242 g/mol. The number of rotatable bonds is 5. The first-order valence-corrected chi connectivity index (χ1v) is 7.16. The summed E-state index contributed by atoms with van der Waals surface area (Å²) in [6.07, 6.45) is 10.5. The Morgan fingerprint density at radius 2 is 1.94 bits per heavy atom. The molecular formula is C13H26N2S. The maximum Gasteiger partial charge on any atom is 0.168 e. The predicted octanol–water partition coefficient (Wildman–Crippen LogP) is 3.32. The molecule has 0 aromatic carbocycles. The molecule has 16 heavy (non-hydrogen) atoms. The van der Waals surface area contributed by atoms with Gasteiger partial charge in [-0.1, -0.05) is 39.0 Å². The number of thiocarbonyl (C=S) groups is 1. The topological polar surface area (TPSA) is 15.3 Å². The molecule has 94 valence electrons. The van der Waals surface area contributed by atoms with Crippen LogP contribution in [0.4, 0.5) is 0 Å².